The van der Waals surface area contributed by atoms with Crippen molar-refractivity contribution >= 4 is 40.7 Å². The highest BCUT2D eigenvalue weighted by Crippen LogP contribution is 2.24. The Labute approximate surface area is 171 Å². The SMILES string of the molecule is CC(C)(C)NC(=O)C[NH+]1CCC[NH+](CC(=O)Nc2ccc(Cl)c(Cl)c2)CC1. The third-order valence-electron chi connectivity index (χ3n) is 4.43. The molecule has 1 aromatic rings. The molecule has 1 aromatic carbocycles. The predicted octanol–water partition coefficient (Wildman–Crippen LogP) is 0.0201. The summed E-state index contributed by atoms with van der Waals surface area (Å²) < 4.78 is 0. The summed E-state index contributed by atoms with van der Waals surface area (Å²) in [5.74, 6) is 0.0376. The highest BCUT2D eigenvalue weighted by Gasteiger charge is 2.25. The van der Waals surface area contributed by atoms with Crippen LogP contribution in [0.2, 0.25) is 10.0 Å². The lowest BCUT2D eigenvalue weighted by atomic mass is 10.1. The van der Waals surface area contributed by atoms with Crippen molar-refractivity contribution in [3.63, 3.8) is 0 Å². The van der Waals surface area contributed by atoms with Crippen LogP contribution in [0.1, 0.15) is 27.2 Å². The summed E-state index contributed by atoms with van der Waals surface area (Å²) in [7, 11) is 0. The summed E-state index contributed by atoms with van der Waals surface area (Å²) in [6.45, 7) is 10.5. The number of hydrogen-bond donors (Lipinski definition) is 4. The maximum absolute atomic E-state index is 12.3. The topological polar surface area (TPSA) is 67.1 Å². The molecule has 0 radical (unpaired) electrons. The fraction of sp³-hybridized carbons (Fsp3) is 0.579. The first-order valence-electron chi connectivity index (χ1n) is 9.35. The van der Waals surface area contributed by atoms with Crippen LogP contribution >= 0.6 is 23.2 Å². The van der Waals surface area contributed by atoms with Crippen molar-refractivity contribution in [1.82, 2.24) is 5.32 Å². The van der Waals surface area contributed by atoms with E-state index in [2.05, 4.69) is 10.6 Å². The number of anilines is 1. The molecule has 1 aliphatic heterocycles. The molecule has 8 heteroatoms. The monoisotopic (exact) mass is 416 g/mol. The molecule has 150 valence electrons. The summed E-state index contributed by atoms with van der Waals surface area (Å²) in [5, 5.41) is 6.77. The Hall–Kier alpha value is -1.34. The van der Waals surface area contributed by atoms with E-state index in [1.54, 1.807) is 18.2 Å². The van der Waals surface area contributed by atoms with Crippen LogP contribution in [0.3, 0.4) is 0 Å². The lowest BCUT2D eigenvalue weighted by molar-refractivity contribution is -0.930. The van der Waals surface area contributed by atoms with Gasteiger partial charge in [0.2, 0.25) is 0 Å². The molecule has 0 aliphatic carbocycles. The number of nitrogens with one attached hydrogen (secondary N) is 4. The third-order valence-corrected chi connectivity index (χ3v) is 5.17. The van der Waals surface area contributed by atoms with Gasteiger partial charge in [0.1, 0.15) is 13.1 Å². The molecule has 0 aromatic heterocycles. The van der Waals surface area contributed by atoms with Gasteiger partial charge in [-0.3, -0.25) is 9.59 Å². The minimum absolute atomic E-state index is 0.0442. The van der Waals surface area contributed by atoms with Gasteiger partial charge >= 0.3 is 0 Å². The molecule has 0 spiro atoms. The van der Waals surface area contributed by atoms with Crippen LogP contribution in [-0.2, 0) is 9.59 Å². The maximum atomic E-state index is 12.3. The Kier molecular flexibility index (Phi) is 7.91. The summed E-state index contributed by atoms with van der Waals surface area (Å²) >= 11 is 11.9. The second-order valence-electron chi connectivity index (χ2n) is 8.18. The Morgan fingerprint density at radius 3 is 2.11 bits per heavy atom. The second kappa shape index (κ2) is 9.73. The van der Waals surface area contributed by atoms with Crippen molar-refractivity contribution in [1.29, 1.82) is 0 Å². The maximum Gasteiger partial charge on any atom is 0.279 e. The van der Waals surface area contributed by atoms with E-state index in [1.807, 2.05) is 20.8 Å². The number of halogens is 2. The predicted molar refractivity (Wildman–Crippen MR) is 109 cm³/mol. The van der Waals surface area contributed by atoms with Crippen LogP contribution in [0.4, 0.5) is 5.69 Å². The quantitative estimate of drug-likeness (QED) is 0.546. The van der Waals surface area contributed by atoms with E-state index in [-0.39, 0.29) is 17.4 Å². The highest BCUT2D eigenvalue weighted by atomic mass is 35.5. The minimum atomic E-state index is -0.206. The molecule has 27 heavy (non-hydrogen) atoms. The zero-order valence-corrected chi connectivity index (χ0v) is 17.8. The fourth-order valence-corrected chi connectivity index (χ4v) is 3.54. The van der Waals surface area contributed by atoms with Crippen molar-refractivity contribution in [2.75, 3.05) is 44.6 Å². The Balaban J connectivity index is 1.79. The molecule has 2 rings (SSSR count). The standard InChI is InChI=1S/C19H28Cl2N4O2/c1-19(2,3)23-18(27)13-25-8-4-7-24(9-10-25)12-17(26)22-14-5-6-15(20)16(21)11-14/h5-6,11H,4,7-10,12-13H2,1-3H3,(H,22,26)(H,23,27)/p+2. The van der Waals surface area contributed by atoms with Crippen molar-refractivity contribution < 1.29 is 19.4 Å². The lowest BCUT2D eigenvalue weighted by Crippen LogP contribution is -3.18. The van der Waals surface area contributed by atoms with E-state index in [1.165, 1.54) is 9.80 Å². The molecule has 1 aliphatic rings. The Bertz CT molecular complexity index is 676. The molecular weight excluding hydrogens is 387 g/mol. The van der Waals surface area contributed by atoms with Crippen LogP contribution < -0.4 is 20.4 Å². The molecule has 2 atom stereocenters. The van der Waals surface area contributed by atoms with Crippen molar-refractivity contribution in [3.05, 3.63) is 28.2 Å². The molecule has 2 amide bonds. The van der Waals surface area contributed by atoms with Crippen molar-refractivity contribution in [2.24, 2.45) is 0 Å². The largest absolute Gasteiger partial charge is 0.347 e. The number of benzene rings is 1. The molecule has 2 unspecified atom stereocenters. The Morgan fingerprint density at radius 1 is 0.963 bits per heavy atom. The first-order valence-corrected chi connectivity index (χ1v) is 10.1. The average Bonchev–Trinajstić information content (AvgIpc) is 2.74. The number of carbonyl (C=O) groups is 2. The first kappa shape index (κ1) is 22.0. The van der Waals surface area contributed by atoms with Crippen LogP contribution in [-0.4, -0.2) is 56.6 Å². The molecule has 1 heterocycles. The smallest absolute Gasteiger partial charge is 0.279 e. The van der Waals surface area contributed by atoms with Gasteiger partial charge in [-0.25, -0.2) is 0 Å². The number of quaternary nitrogens is 2. The lowest BCUT2D eigenvalue weighted by Gasteiger charge is -2.22. The van der Waals surface area contributed by atoms with Gasteiger partial charge in [-0.2, -0.15) is 0 Å². The molecule has 1 fully saturated rings. The van der Waals surface area contributed by atoms with E-state index < -0.39 is 0 Å². The minimum Gasteiger partial charge on any atom is -0.347 e. The number of carbonyl (C=O) groups excluding carboxylic acids is 2. The number of amides is 2. The van der Waals surface area contributed by atoms with Crippen molar-refractivity contribution in [3.8, 4) is 0 Å². The number of hydrogen-bond acceptors (Lipinski definition) is 2. The van der Waals surface area contributed by atoms with Gasteiger partial charge in [0.25, 0.3) is 11.8 Å². The zero-order chi connectivity index (χ0) is 20.0. The molecule has 0 saturated carbocycles. The van der Waals surface area contributed by atoms with Crippen LogP contribution in [0.25, 0.3) is 0 Å². The summed E-state index contributed by atoms with van der Waals surface area (Å²) in [6.07, 6.45) is 0.994. The van der Waals surface area contributed by atoms with E-state index >= 15 is 0 Å². The third kappa shape index (κ3) is 8.05. The highest BCUT2D eigenvalue weighted by molar-refractivity contribution is 6.42. The molecule has 4 N–H and O–H groups in total. The van der Waals surface area contributed by atoms with Crippen molar-refractivity contribution in [2.45, 2.75) is 32.7 Å². The summed E-state index contributed by atoms with van der Waals surface area (Å²) in [4.78, 5) is 27.0. The molecule has 1 saturated heterocycles. The van der Waals surface area contributed by atoms with Gasteiger partial charge in [0.05, 0.1) is 23.1 Å². The van der Waals surface area contributed by atoms with Crippen LogP contribution in [0.5, 0.6) is 0 Å². The Morgan fingerprint density at radius 2 is 1.56 bits per heavy atom. The normalized spacial score (nSPS) is 20.6. The second-order valence-corrected chi connectivity index (χ2v) is 9.00. The van der Waals surface area contributed by atoms with E-state index in [9.17, 15) is 9.59 Å². The van der Waals surface area contributed by atoms with Gasteiger partial charge < -0.3 is 20.4 Å². The van der Waals surface area contributed by atoms with Gasteiger partial charge in [-0.05, 0) is 39.0 Å². The molecular formula is C19H30Cl2N4O2+2. The van der Waals surface area contributed by atoms with Crippen LogP contribution in [0, 0.1) is 0 Å². The van der Waals surface area contributed by atoms with E-state index in [0.717, 1.165) is 32.6 Å². The zero-order valence-electron chi connectivity index (χ0n) is 16.3. The van der Waals surface area contributed by atoms with Gasteiger partial charge in [0.15, 0.2) is 13.1 Å². The van der Waals surface area contributed by atoms with E-state index in [4.69, 9.17) is 23.2 Å². The first-order chi connectivity index (χ1) is 12.6. The molecule has 0 bridgehead atoms. The summed E-state index contributed by atoms with van der Waals surface area (Å²) in [6, 6.07) is 5.06. The van der Waals surface area contributed by atoms with Gasteiger partial charge in [-0.1, -0.05) is 23.2 Å². The average molecular weight is 417 g/mol. The van der Waals surface area contributed by atoms with E-state index in [0.29, 0.717) is 28.8 Å². The fourth-order valence-electron chi connectivity index (χ4n) is 3.24. The van der Waals surface area contributed by atoms with Gasteiger partial charge in [-0.15, -0.1) is 0 Å². The molecule has 6 nitrogen and oxygen atoms in total. The number of rotatable bonds is 5. The van der Waals surface area contributed by atoms with Crippen LogP contribution in [0.15, 0.2) is 18.2 Å². The van der Waals surface area contributed by atoms with Gasteiger partial charge in [0, 0.05) is 17.6 Å². The summed E-state index contributed by atoms with van der Waals surface area (Å²) in [5.41, 5.74) is 0.442.